The third-order valence-electron chi connectivity index (χ3n) is 3.31. The minimum absolute atomic E-state index is 0.0000690. The number of carbonyl (C=O) groups excluding carboxylic acids is 1. The number of benzene rings is 1. The number of likely N-dealkylation sites (N-methyl/N-ethyl adjacent to an activating group) is 1. The minimum atomic E-state index is -0.0000690. The fourth-order valence-electron chi connectivity index (χ4n) is 2.01. The molecule has 110 valence electrons. The van der Waals surface area contributed by atoms with Crippen LogP contribution in [-0.4, -0.2) is 45.2 Å². The average molecular weight is 298 g/mol. The van der Waals surface area contributed by atoms with Gasteiger partial charge in [0.25, 0.3) is 0 Å². The van der Waals surface area contributed by atoms with Gasteiger partial charge >= 0.3 is 0 Å². The van der Waals surface area contributed by atoms with Crippen molar-refractivity contribution in [2.75, 3.05) is 38.2 Å². The number of ether oxygens (including phenoxy) is 1. The zero-order valence-corrected chi connectivity index (χ0v) is 12.5. The number of carbonyl (C=O) groups is 1. The van der Waals surface area contributed by atoms with Crippen LogP contribution in [-0.2, 0) is 4.79 Å². The van der Waals surface area contributed by atoms with Crippen molar-refractivity contribution >= 4 is 23.2 Å². The van der Waals surface area contributed by atoms with Crippen LogP contribution in [0.3, 0.4) is 0 Å². The van der Waals surface area contributed by atoms with Crippen molar-refractivity contribution in [1.29, 1.82) is 0 Å². The standard InChI is InChI=1S/C14H20ClN3O2/c1-10(16-2)8-17-14(19)9-18-5-6-20-13-4-3-11(15)7-12(13)18/h3-4,7,10,16H,5-6,8-9H2,1-2H3,(H,17,19). The number of halogens is 1. The van der Waals surface area contributed by atoms with E-state index in [9.17, 15) is 4.79 Å². The van der Waals surface area contributed by atoms with Crippen molar-refractivity contribution in [3.63, 3.8) is 0 Å². The highest BCUT2D eigenvalue weighted by Crippen LogP contribution is 2.33. The van der Waals surface area contributed by atoms with Gasteiger partial charge in [-0.15, -0.1) is 0 Å². The second kappa shape index (κ2) is 6.81. The van der Waals surface area contributed by atoms with E-state index in [4.69, 9.17) is 16.3 Å². The second-order valence-corrected chi connectivity index (χ2v) is 5.31. The summed E-state index contributed by atoms with van der Waals surface area (Å²) < 4.78 is 5.56. The predicted octanol–water partition coefficient (Wildman–Crippen LogP) is 1.26. The molecule has 2 rings (SSSR count). The summed E-state index contributed by atoms with van der Waals surface area (Å²) in [6, 6.07) is 5.72. The van der Waals surface area contributed by atoms with Gasteiger partial charge in [-0.1, -0.05) is 11.6 Å². The molecule has 0 saturated carbocycles. The number of hydrogen-bond acceptors (Lipinski definition) is 4. The molecule has 0 fully saturated rings. The molecule has 0 aliphatic carbocycles. The molecule has 1 aromatic rings. The van der Waals surface area contributed by atoms with E-state index in [2.05, 4.69) is 10.6 Å². The summed E-state index contributed by atoms with van der Waals surface area (Å²) >= 11 is 6.01. The highest BCUT2D eigenvalue weighted by Gasteiger charge is 2.20. The lowest BCUT2D eigenvalue weighted by Gasteiger charge is -2.30. The predicted molar refractivity (Wildman–Crippen MR) is 80.7 cm³/mol. The number of rotatable bonds is 5. The molecular formula is C14H20ClN3O2. The maximum absolute atomic E-state index is 12.0. The number of nitrogens with one attached hydrogen (secondary N) is 2. The zero-order valence-electron chi connectivity index (χ0n) is 11.8. The lowest BCUT2D eigenvalue weighted by atomic mass is 10.2. The van der Waals surface area contributed by atoms with Gasteiger partial charge in [0.2, 0.25) is 5.91 Å². The molecule has 0 saturated heterocycles. The lowest BCUT2D eigenvalue weighted by molar-refractivity contribution is -0.119. The van der Waals surface area contributed by atoms with Crippen LogP contribution in [0.25, 0.3) is 0 Å². The average Bonchev–Trinajstić information content (AvgIpc) is 2.45. The van der Waals surface area contributed by atoms with Crippen molar-refractivity contribution in [2.24, 2.45) is 0 Å². The molecule has 1 aliphatic heterocycles. The molecule has 0 radical (unpaired) electrons. The summed E-state index contributed by atoms with van der Waals surface area (Å²) in [7, 11) is 1.87. The molecule has 1 unspecified atom stereocenters. The Kier molecular flexibility index (Phi) is 5.09. The topological polar surface area (TPSA) is 53.6 Å². The first kappa shape index (κ1) is 14.9. The Bertz CT molecular complexity index is 481. The molecule has 0 aromatic heterocycles. The molecule has 6 heteroatoms. The zero-order chi connectivity index (χ0) is 14.5. The molecule has 0 bridgehead atoms. The van der Waals surface area contributed by atoms with E-state index in [1.165, 1.54) is 0 Å². The van der Waals surface area contributed by atoms with Gasteiger partial charge in [0.05, 0.1) is 18.8 Å². The molecule has 5 nitrogen and oxygen atoms in total. The first-order valence-corrected chi connectivity index (χ1v) is 7.09. The Labute approximate surface area is 124 Å². The van der Waals surface area contributed by atoms with Crippen LogP contribution in [0.4, 0.5) is 5.69 Å². The molecule has 2 N–H and O–H groups in total. The Morgan fingerprint density at radius 1 is 1.55 bits per heavy atom. The van der Waals surface area contributed by atoms with Crippen LogP contribution in [0.2, 0.25) is 5.02 Å². The fourth-order valence-corrected chi connectivity index (χ4v) is 2.17. The normalized spacial score (nSPS) is 15.2. The Morgan fingerprint density at radius 2 is 2.35 bits per heavy atom. The Hall–Kier alpha value is -1.46. The summed E-state index contributed by atoms with van der Waals surface area (Å²) in [6.45, 7) is 4.20. The van der Waals surface area contributed by atoms with Gasteiger partial charge in [0.15, 0.2) is 0 Å². The molecular weight excluding hydrogens is 278 g/mol. The first-order chi connectivity index (χ1) is 9.60. The molecule has 20 heavy (non-hydrogen) atoms. The maximum Gasteiger partial charge on any atom is 0.239 e. The van der Waals surface area contributed by atoms with E-state index in [1.54, 1.807) is 6.07 Å². The van der Waals surface area contributed by atoms with E-state index in [-0.39, 0.29) is 11.9 Å². The van der Waals surface area contributed by atoms with Crippen LogP contribution in [0.1, 0.15) is 6.92 Å². The highest BCUT2D eigenvalue weighted by molar-refractivity contribution is 6.31. The van der Waals surface area contributed by atoms with Crippen LogP contribution < -0.4 is 20.3 Å². The molecule has 1 atom stereocenters. The van der Waals surface area contributed by atoms with Gasteiger partial charge in [-0.05, 0) is 32.2 Å². The lowest BCUT2D eigenvalue weighted by Crippen LogP contribution is -2.44. The van der Waals surface area contributed by atoms with E-state index in [1.807, 2.05) is 31.0 Å². The number of fused-ring (bicyclic) bond motifs is 1. The fraction of sp³-hybridized carbons (Fsp3) is 0.500. The third kappa shape index (κ3) is 3.77. The summed E-state index contributed by atoms with van der Waals surface area (Å²) in [5, 5.41) is 6.63. The summed E-state index contributed by atoms with van der Waals surface area (Å²) in [5.74, 6) is 0.775. The largest absolute Gasteiger partial charge is 0.490 e. The Balaban J connectivity index is 1.97. The third-order valence-corrected chi connectivity index (χ3v) is 3.55. The number of anilines is 1. The number of amides is 1. The number of nitrogens with zero attached hydrogens (tertiary/aromatic N) is 1. The van der Waals surface area contributed by atoms with E-state index in [0.717, 1.165) is 11.4 Å². The quantitative estimate of drug-likeness (QED) is 0.859. The maximum atomic E-state index is 12.0. The van der Waals surface area contributed by atoms with Gasteiger partial charge in [0.1, 0.15) is 12.4 Å². The first-order valence-electron chi connectivity index (χ1n) is 6.71. The van der Waals surface area contributed by atoms with Gasteiger partial charge in [0, 0.05) is 17.6 Å². The van der Waals surface area contributed by atoms with Crippen LogP contribution in [0, 0.1) is 0 Å². The minimum Gasteiger partial charge on any atom is -0.490 e. The molecule has 1 amide bonds. The van der Waals surface area contributed by atoms with Crippen molar-refractivity contribution < 1.29 is 9.53 Å². The van der Waals surface area contributed by atoms with Gasteiger partial charge in [-0.2, -0.15) is 0 Å². The highest BCUT2D eigenvalue weighted by atomic mass is 35.5. The second-order valence-electron chi connectivity index (χ2n) is 4.88. The summed E-state index contributed by atoms with van der Waals surface area (Å²) in [5.41, 5.74) is 0.876. The van der Waals surface area contributed by atoms with E-state index < -0.39 is 0 Å². The SMILES string of the molecule is CNC(C)CNC(=O)CN1CCOc2ccc(Cl)cc21. The summed E-state index contributed by atoms with van der Waals surface area (Å²) in [6.07, 6.45) is 0. The molecule has 0 spiro atoms. The van der Waals surface area contributed by atoms with Crippen molar-refractivity contribution in [1.82, 2.24) is 10.6 Å². The van der Waals surface area contributed by atoms with Gasteiger partial charge in [-0.3, -0.25) is 4.79 Å². The molecule has 1 aliphatic rings. The smallest absolute Gasteiger partial charge is 0.239 e. The van der Waals surface area contributed by atoms with Crippen LogP contribution in [0.5, 0.6) is 5.75 Å². The van der Waals surface area contributed by atoms with E-state index >= 15 is 0 Å². The molecule has 1 heterocycles. The molecule has 1 aromatic carbocycles. The van der Waals surface area contributed by atoms with Crippen molar-refractivity contribution in [3.8, 4) is 5.75 Å². The van der Waals surface area contributed by atoms with Crippen LogP contribution >= 0.6 is 11.6 Å². The summed E-state index contributed by atoms with van der Waals surface area (Å²) in [4.78, 5) is 14.0. The van der Waals surface area contributed by atoms with Gasteiger partial charge in [-0.25, -0.2) is 0 Å². The monoisotopic (exact) mass is 297 g/mol. The number of hydrogen-bond donors (Lipinski definition) is 2. The van der Waals surface area contributed by atoms with Crippen molar-refractivity contribution in [2.45, 2.75) is 13.0 Å². The van der Waals surface area contributed by atoms with Crippen molar-refractivity contribution in [3.05, 3.63) is 23.2 Å². The van der Waals surface area contributed by atoms with E-state index in [0.29, 0.717) is 31.3 Å². The van der Waals surface area contributed by atoms with Crippen LogP contribution in [0.15, 0.2) is 18.2 Å². The van der Waals surface area contributed by atoms with Gasteiger partial charge < -0.3 is 20.3 Å². The Morgan fingerprint density at radius 3 is 3.10 bits per heavy atom.